The van der Waals surface area contributed by atoms with Crippen molar-refractivity contribution in [3.63, 3.8) is 0 Å². The molecule has 0 aliphatic carbocycles. The van der Waals surface area contributed by atoms with Gasteiger partial charge in [0.15, 0.2) is 0 Å². The maximum atomic E-state index is 4.05. The largest absolute Gasteiger partial charge is 0.378 e. The lowest BCUT2D eigenvalue weighted by atomic mass is 10.0. The fourth-order valence-electron chi connectivity index (χ4n) is 2.40. The highest BCUT2D eigenvalue weighted by Gasteiger charge is 2.06. The number of nitrogens with zero attached hydrogens (tertiary/aromatic N) is 1. The van der Waals surface area contributed by atoms with Gasteiger partial charge >= 0.3 is 0 Å². The van der Waals surface area contributed by atoms with E-state index in [0.29, 0.717) is 0 Å². The number of nitrogens with one attached hydrogen (secondary N) is 2. The number of fused-ring (bicyclic) bond motifs is 1. The molecule has 1 unspecified atom stereocenters. The Balaban J connectivity index is 1.78. The molecule has 102 valence electrons. The van der Waals surface area contributed by atoms with Gasteiger partial charge < -0.3 is 5.32 Å². The van der Waals surface area contributed by atoms with Gasteiger partial charge in [-0.2, -0.15) is 5.10 Å². The van der Waals surface area contributed by atoms with Crippen molar-refractivity contribution in [3.8, 4) is 0 Å². The van der Waals surface area contributed by atoms with Crippen molar-refractivity contribution in [2.24, 2.45) is 0 Å². The van der Waals surface area contributed by atoms with E-state index >= 15 is 0 Å². The van der Waals surface area contributed by atoms with Crippen LogP contribution < -0.4 is 5.32 Å². The average Bonchev–Trinajstić information content (AvgIpc) is 2.95. The van der Waals surface area contributed by atoms with E-state index in [4.69, 9.17) is 0 Å². The van der Waals surface area contributed by atoms with E-state index in [1.165, 1.54) is 11.1 Å². The SMILES string of the molecule is CCc1ccc(C(C)Nc2ccc3cn[nH]c3c2)cc1. The summed E-state index contributed by atoms with van der Waals surface area (Å²) in [6.45, 7) is 4.36. The van der Waals surface area contributed by atoms with E-state index in [1.54, 1.807) is 0 Å². The normalized spacial score (nSPS) is 12.5. The molecule has 0 radical (unpaired) electrons. The number of hydrogen-bond donors (Lipinski definition) is 2. The van der Waals surface area contributed by atoms with Crippen molar-refractivity contribution >= 4 is 16.6 Å². The zero-order valence-electron chi connectivity index (χ0n) is 11.9. The van der Waals surface area contributed by atoms with Gasteiger partial charge in [-0.3, -0.25) is 5.10 Å². The van der Waals surface area contributed by atoms with Gasteiger partial charge in [0.1, 0.15) is 0 Å². The maximum Gasteiger partial charge on any atom is 0.0670 e. The Morgan fingerprint density at radius 1 is 1.15 bits per heavy atom. The topological polar surface area (TPSA) is 40.7 Å². The minimum atomic E-state index is 0.279. The van der Waals surface area contributed by atoms with Crippen LogP contribution in [-0.2, 0) is 6.42 Å². The molecule has 0 bridgehead atoms. The highest BCUT2D eigenvalue weighted by atomic mass is 15.1. The molecule has 3 rings (SSSR count). The summed E-state index contributed by atoms with van der Waals surface area (Å²) in [5, 5.41) is 11.7. The van der Waals surface area contributed by atoms with Crippen LogP contribution in [0.15, 0.2) is 48.7 Å². The van der Waals surface area contributed by atoms with E-state index in [0.717, 1.165) is 23.0 Å². The Bertz CT molecular complexity index is 698. The first-order valence-electron chi connectivity index (χ1n) is 7.05. The lowest BCUT2D eigenvalue weighted by molar-refractivity contribution is 0.883. The minimum absolute atomic E-state index is 0.279. The zero-order chi connectivity index (χ0) is 13.9. The Hall–Kier alpha value is -2.29. The maximum absolute atomic E-state index is 4.05. The predicted molar refractivity (Wildman–Crippen MR) is 84.0 cm³/mol. The van der Waals surface area contributed by atoms with Crippen LogP contribution in [0, 0.1) is 0 Å². The summed E-state index contributed by atoms with van der Waals surface area (Å²) in [5.41, 5.74) is 4.84. The summed E-state index contributed by atoms with van der Waals surface area (Å²) in [7, 11) is 0. The second-order valence-electron chi connectivity index (χ2n) is 5.13. The van der Waals surface area contributed by atoms with Gasteiger partial charge in [-0.05, 0) is 42.7 Å². The van der Waals surface area contributed by atoms with Crippen LogP contribution in [0.3, 0.4) is 0 Å². The standard InChI is InChI=1S/C17H19N3/c1-3-13-4-6-14(7-5-13)12(2)19-16-9-8-15-11-18-20-17(15)10-16/h4-12,19H,3H2,1-2H3,(H,18,20). The number of benzene rings is 2. The molecule has 2 aromatic carbocycles. The molecule has 20 heavy (non-hydrogen) atoms. The molecule has 1 heterocycles. The van der Waals surface area contributed by atoms with Crippen molar-refractivity contribution in [1.82, 2.24) is 10.2 Å². The highest BCUT2D eigenvalue weighted by molar-refractivity contribution is 5.81. The summed E-state index contributed by atoms with van der Waals surface area (Å²) in [6.07, 6.45) is 2.92. The molecule has 0 aliphatic heterocycles. The third-order valence-electron chi connectivity index (χ3n) is 3.71. The quantitative estimate of drug-likeness (QED) is 0.738. The molecule has 3 aromatic rings. The molecule has 0 saturated carbocycles. The smallest absolute Gasteiger partial charge is 0.0670 e. The van der Waals surface area contributed by atoms with Crippen LogP contribution in [0.5, 0.6) is 0 Å². The van der Waals surface area contributed by atoms with E-state index < -0.39 is 0 Å². The molecule has 0 saturated heterocycles. The minimum Gasteiger partial charge on any atom is -0.378 e. The van der Waals surface area contributed by atoms with Gasteiger partial charge in [-0.25, -0.2) is 0 Å². The monoisotopic (exact) mass is 265 g/mol. The molecule has 2 N–H and O–H groups in total. The van der Waals surface area contributed by atoms with Gasteiger partial charge in [0.25, 0.3) is 0 Å². The second kappa shape index (κ2) is 5.37. The summed E-state index contributed by atoms with van der Waals surface area (Å²) >= 11 is 0. The van der Waals surface area contributed by atoms with Gasteiger partial charge in [-0.15, -0.1) is 0 Å². The Labute approximate surface area is 119 Å². The molecule has 0 amide bonds. The van der Waals surface area contributed by atoms with E-state index in [9.17, 15) is 0 Å². The first-order valence-corrected chi connectivity index (χ1v) is 7.05. The first kappa shape index (κ1) is 12.7. The van der Waals surface area contributed by atoms with Gasteiger partial charge in [0.2, 0.25) is 0 Å². The van der Waals surface area contributed by atoms with Crippen LogP contribution in [0.4, 0.5) is 5.69 Å². The molecule has 3 nitrogen and oxygen atoms in total. The molecule has 0 spiro atoms. The molecule has 1 atom stereocenters. The van der Waals surface area contributed by atoms with Crippen LogP contribution >= 0.6 is 0 Å². The van der Waals surface area contributed by atoms with Crippen LogP contribution in [-0.4, -0.2) is 10.2 Å². The third kappa shape index (κ3) is 2.52. The van der Waals surface area contributed by atoms with Crippen LogP contribution in [0.2, 0.25) is 0 Å². The highest BCUT2D eigenvalue weighted by Crippen LogP contribution is 2.22. The second-order valence-corrected chi connectivity index (χ2v) is 5.13. The van der Waals surface area contributed by atoms with E-state index in [2.05, 4.69) is 71.8 Å². The average molecular weight is 265 g/mol. The van der Waals surface area contributed by atoms with Crippen molar-refractivity contribution in [2.45, 2.75) is 26.3 Å². The third-order valence-corrected chi connectivity index (χ3v) is 3.71. The molecule has 0 aliphatic rings. The summed E-state index contributed by atoms with van der Waals surface area (Å²) < 4.78 is 0. The summed E-state index contributed by atoms with van der Waals surface area (Å²) in [6, 6.07) is 15.3. The van der Waals surface area contributed by atoms with E-state index in [1.807, 2.05) is 6.20 Å². The van der Waals surface area contributed by atoms with Gasteiger partial charge in [-0.1, -0.05) is 31.2 Å². The zero-order valence-corrected chi connectivity index (χ0v) is 11.9. The van der Waals surface area contributed by atoms with Crippen molar-refractivity contribution in [2.75, 3.05) is 5.32 Å². The summed E-state index contributed by atoms with van der Waals surface area (Å²) in [5.74, 6) is 0. The number of aromatic nitrogens is 2. The van der Waals surface area contributed by atoms with Gasteiger partial charge in [0, 0.05) is 17.1 Å². The van der Waals surface area contributed by atoms with Crippen LogP contribution in [0.1, 0.15) is 31.0 Å². The Morgan fingerprint density at radius 2 is 1.95 bits per heavy atom. The van der Waals surface area contributed by atoms with Crippen LogP contribution in [0.25, 0.3) is 10.9 Å². The molecule has 3 heteroatoms. The van der Waals surface area contributed by atoms with E-state index in [-0.39, 0.29) is 6.04 Å². The Kier molecular flexibility index (Phi) is 3.42. The molecule has 0 fully saturated rings. The number of H-pyrrole nitrogens is 1. The number of aromatic amines is 1. The van der Waals surface area contributed by atoms with Crippen molar-refractivity contribution in [1.29, 1.82) is 0 Å². The lowest BCUT2D eigenvalue weighted by Crippen LogP contribution is -2.06. The number of hydrogen-bond acceptors (Lipinski definition) is 2. The van der Waals surface area contributed by atoms with Crippen molar-refractivity contribution < 1.29 is 0 Å². The van der Waals surface area contributed by atoms with Gasteiger partial charge in [0.05, 0.1) is 11.7 Å². The van der Waals surface area contributed by atoms with Crippen molar-refractivity contribution in [3.05, 3.63) is 59.8 Å². The molecular weight excluding hydrogens is 246 g/mol. The number of anilines is 1. The fraction of sp³-hybridized carbons (Fsp3) is 0.235. The Morgan fingerprint density at radius 3 is 2.70 bits per heavy atom. The molecule has 1 aromatic heterocycles. The lowest BCUT2D eigenvalue weighted by Gasteiger charge is -2.16. The number of aryl methyl sites for hydroxylation is 1. The predicted octanol–water partition coefficient (Wildman–Crippen LogP) is 4.30. The number of rotatable bonds is 4. The first-order chi connectivity index (χ1) is 9.76. The molecular formula is C17H19N3. The fourth-order valence-corrected chi connectivity index (χ4v) is 2.40. The summed E-state index contributed by atoms with van der Waals surface area (Å²) in [4.78, 5) is 0.